The van der Waals surface area contributed by atoms with Gasteiger partial charge in [-0.3, -0.25) is 4.79 Å². The average molecular weight is 285 g/mol. The summed E-state index contributed by atoms with van der Waals surface area (Å²) in [6.45, 7) is 1.48. The molecule has 1 aromatic heterocycles. The molecule has 2 aromatic rings. The number of rotatable bonds is 3. The zero-order valence-electron chi connectivity index (χ0n) is 9.76. The Morgan fingerprint density at radius 2 is 2.06 bits per heavy atom. The average Bonchev–Trinajstić information content (AvgIpc) is 2.70. The van der Waals surface area contributed by atoms with Crippen LogP contribution in [0.4, 0.5) is 0 Å². The molecule has 1 atom stereocenters. The maximum absolute atomic E-state index is 11.8. The Balaban J connectivity index is 2.48. The zero-order chi connectivity index (χ0) is 13.3. The Morgan fingerprint density at radius 3 is 2.56 bits per heavy atom. The summed E-state index contributed by atoms with van der Waals surface area (Å²) in [5.41, 5.74) is 0.699. The van der Waals surface area contributed by atoms with Crippen LogP contribution in [0.15, 0.2) is 18.2 Å². The molecule has 18 heavy (non-hydrogen) atoms. The summed E-state index contributed by atoms with van der Waals surface area (Å²) in [5.74, 6) is -0.307. The molecule has 94 valence electrons. The highest BCUT2D eigenvalue weighted by atomic mass is 35.5. The van der Waals surface area contributed by atoms with E-state index < -0.39 is 5.92 Å². The van der Waals surface area contributed by atoms with Gasteiger partial charge in [0.15, 0.2) is 5.82 Å². The number of carbonyl (C=O) groups excluding carboxylic acids is 1. The minimum Gasteiger partial charge on any atom is -0.299 e. The van der Waals surface area contributed by atoms with Gasteiger partial charge in [0.05, 0.1) is 17.1 Å². The molecule has 0 spiro atoms. The summed E-state index contributed by atoms with van der Waals surface area (Å²) in [7, 11) is 1.64. The minimum atomic E-state index is -0.575. The maximum Gasteiger partial charge on any atom is 0.189 e. The van der Waals surface area contributed by atoms with E-state index in [1.165, 1.54) is 11.7 Å². The Kier molecular flexibility index (Phi) is 3.63. The number of benzene rings is 1. The molecule has 5 nitrogen and oxygen atoms in total. The molecule has 0 aliphatic rings. The molecule has 0 radical (unpaired) electrons. The van der Waals surface area contributed by atoms with Gasteiger partial charge in [0.2, 0.25) is 0 Å². The second-order valence-electron chi connectivity index (χ2n) is 3.85. The van der Waals surface area contributed by atoms with Crippen molar-refractivity contribution in [1.29, 1.82) is 0 Å². The van der Waals surface area contributed by atoms with Gasteiger partial charge < -0.3 is 0 Å². The van der Waals surface area contributed by atoms with Gasteiger partial charge >= 0.3 is 0 Å². The fourth-order valence-corrected chi connectivity index (χ4v) is 1.98. The lowest BCUT2D eigenvalue weighted by Crippen LogP contribution is -2.13. The van der Waals surface area contributed by atoms with Crippen LogP contribution in [0.1, 0.15) is 24.2 Å². The first-order valence-corrected chi connectivity index (χ1v) is 5.94. The number of aromatic nitrogens is 4. The van der Waals surface area contributed by atoms with Gasteiger partial charge in [0.25, 0.3) is 0 Å². The summed E-state index contributed by atoms with van der Waals surface area (Å²) in [6.07, 6.45) is 0. The van der Waals surface area contributed by atoms with Gasteiger partial charge in [-0.2, -0.15) is 4.80 Å². The quantitative estimate of drug-likeness (QED) is 0.867. The third-order valence-corrected chi connectivity index (χ3v) is 3.20. The van der Waals surface area contributed by atoms with E-state index in [1.807, 2.05) is 0 Å². The highest BCUT2D eigenvalue weighted by Crippen LogP contribution is 2.29. The molecule has 0 aliphatic heterocycles. The van der Waals surface area contributed by atoms with E-state index in [4.69, 9.17) is 23.2 Å². The number of carbonyl (C=O) groups is 1. The molecule has 0 fully saturated rings. The Labute approximate surface area is 114 Å². The van der Waals surface area contributed by atoms with E-state index in [0.29, 0.717) is 21.4 Å². The molecule has 0 N–H and O–H groups in total. The minimum absolute atomic E-state index is 0.0820. The Bertz CT molecular complexity index is 596. The van der Waals surface area contributed by atoms with Crippen LogP contribution in [0.3, 0.4) is 0 Å². The highest BCUT2D eigenvalue weighted by molar-refractivity contribution is 6.42. The number of aryl methyl sites for hydroxylation is 1. The van der Waals surface area contributed by atoms with Crippen molar-refractivity contribution in [2.24, 2.45) is 7.05 Å². The van der Waals surface area contributed by atoms with Crippen LogP contribution in [-0.2, 0) is 11.8 Å². The monoisotopic (exact) mass is 284 g/mol. The fourth-order valence-electron chi connectivity index (χ4n) is 1.67. The first-order valence-electron chi connectivity index (χ1n) is 5.18. The number of nitrogens with zero attached hydrogens (tertiary/aromatic N) is 4. The molecule has 2 rings (SSSR count). The third-order valence-electron chi connectivity index (χ3n) is 2.47. The molecule has 0 aliphatic carbocycles. The molecular weight excluding hydrogens is 275 g/mol. The summed E-state index contributed by atoms with van der Waals surface area (Å²) in [6, 6.07) is 5.02. The SMILES string of the molecule is CC(=O)C(c1ccc(Cl)c(Cl)c1)c1nnn(C)n1. The van der Waals surface area contributed by atoms with Gasteiger partial charge in [-0.1, -0.05) is 29.3 Å². The van der Waals surface area contributed by atoms with Crippen LogP contribution in [0.2, 0.25) is 10.0 Å². The predicted molar refractivity (Wildman–Crippen MR) is 67.8 cm³/mol. The molecule has 0 amide bonds. The van der Waals surface area contributed by atoms with Crippen molar-refractivity contribution in [3.8, 4) is 0 Å². The second-order valence-corrected chi connectivity index (χ2v) is 4.67. The largest absolute Gasteiger partial charge is 0.299 e. The third kappa shape index (κ3) is 2.52. The molecule has 0 bridgehead atoms. The predicted octanol–water partition coefficient (Wildman–Crippen LogP) is 2.24. The molecule has 0 saturated carbocycles. The standard InChI is InChI=1S/C11H10Cl2N4O/c1-6(18)10(11-14-16-17(2)15-11)7-3-4-8(12)9(13)5-7/h3-5,10H,1-2H3. The summed E-state index contributed by atoms with van der Waals surface area (Å²) in [4.78, 5) is 13.1. The summed E-state index contributed by atoms with van der Waals surface area (Å²) in [5, 5.41) is 12.5. The Hall–Kier alpha value is -1.46. The molecular formula is C11H10Cl2N4O. The van der Waals surface area contributed by atoms with Gasteiger partial charge in [-0.15, -0.1) is 10.2 Å². The Morgan fingerprint density at radius 1 is 1.33 bits per heavy atom. The lowest BCUT2D eigenvalue weighted by atomic mass is 9.95. The van der Waals surface area contributed by atoms with Crippen molar-refractivity contribution in [2.75, 3.05) is 0 Å². The van der Waals surface area contributed by atoms with E-state index in [9.17, 15) is 4.79 Å². The summed E-state index contributed by atoms with van der Waals surface area (Å²) >= 11 is 11.8. The van der Waals surface area contributed by atoms with Gasteiger partial charge in [-0.05, 0) is 29.8 Å². The summed E-state index contributed by atoms with van der Waals surface area (Å²) < 4.78 is 0. The van der Waals surface area contributed by atoms with Crippen molar-refractivity contribution in [3.63, 3.8) is 0 Å². The van der Waals surface area contributed by atoms with Gasteiger partial charge in [-0.25, -0.2) is 0 Å². The smallest absolute Gasteiger partial charge is 0.189 e. The second kappa shape index (κ2) is 5.04. The number of halogens is 2. The van der Waals surface area contributed by atoms with Crippen LogP contribution in [0, 0.1) is 0 Å². The van der Waals surface area contributed by atoms with Gasteiger partial charge in [0.1, 0.15) is 11.7 Å². The van der Waals surface area contributed by atoms with Crippen LogP contribution < -0.4 is 0 Å². The van der Waals surface area contributed by atoms with Crippen LogP contribution in [0.25, 0.3) is 0 Å². The highest BCUT2D eigenvalue weighted by Gasteiger charge is 2.24. The van der Waals surface area contributed by atoms with Crippen LogP contribution in [-0.4, -0.2) is 26.0 Å². The van der Waals surface area contributed by atoms with E-state index in [1.54, 1.807) is 25.2 Å². The van der Waals surface area contributed by atoms with E-state index in [0.717, 1.165) is 0 Å². The lowest BCUT2D eigenvalue weighted by Gasteiger charge is -2.10. The van der Waals surface area contributed by atoms with Crippen molar-refractivity contribution in [1.82, 2.24) is 20.2 Å². The molecule has 1 unspecified atom stereocenters. The molecule has 0 saturated heterocycles. The normalized spacial score (nSPS) is 12.4. The number of Topliss-reactive ketones (excluding diaryl/α,β-unsaturated/α-hetero) is 1. The van der Waals surface area contributed by atoms with Crippen LogP contribution >= 0.6 is 23.2 Å². The van der Waals surface area contributed by atoms with E-state index >= 15 is 0 Å². The molecule has 1 aromatic carbocycles. The van der Waals surface area contributed by atoms with E-state index in [2.05, 4.69) is 15.4 Å². The first kappa shape index (κ1) is 13.0. The number of hydrogen-bond acceptors (Lipinski definition) is 4. The van der Waals surface area contributed by atoms with Crippen molar-refractivity contribution in [3.05, 3.63) is 39.6 Å². The lowest BCUT2D eigenvalue weighted by molar-refractivity contribution is -0.117. The number of hydrogen-bond donors (Lipinski definition) is 0. The van der Waals surface area contributed by atoms with Gasteiger partial charge in [0, 0.05) is 0 Å². The molecule has 1 heterocycles. The maximum atomic E-state index is 11.8. The van der Waals surface area contributed by atoms with Crippen LogP contribution in [0.5, 0.6) is 0 Å². The topological polar surface area (TPSA) is 60.7 Å². The molecule has 7 heteroatoms. The van der Waals surface area contributed by atoms with Crippen molar-refractivity contribution in [2.45, 2.75) is 12.8 Å². The van der Waals surface area contributed by atoms with Crippen molar-refractivity contribution < 1.29 is 4.79 Å². The number of tetrazole rings is 1. The first-order chi connectivity index (χ1) is 8.49. The zero-order valence-corrected chi connectivity index (χ0v) is 11.3. The van der Waals surface area contributed by atoms with Crippen molar-refractivity contribution >= 4 is 29.0 Å². The fraction of sp³-hybridized carbons (Fsp3) is 0.273. The number of ketones is 1. The van der Waals surface area contributed by atoms with E-state index in [-0.39, 0.29) is 5.78 Å².